The summed E-state index contributed by atoms with van der Waals surface area (Å²) >= 11 is 14.2. The highest BCUT2D eigenvalue weighted by atomic mass is 35.5. The predicted molar refractivity (Wildman–Crippen MR) is 126 cm³/mol. The Bertz CT molecular complexity index is 777. The number of hydrogen-bond donors (Lipinski definition) is 2. The normalized spacial score (nSPS) is 19.5. The molecule has 2 heterocycles. The molecule has 0 radical (unpaired) electrons. The number of nitrogens with two attached hydrogens (primary N) is 1. The third kappa shape index (κ3) is 5.38. The van der Waals surface area contributed by atoms with E-state index >= 15 is 0 Å². The van der Waals surface area contributed by atoms with Crippen molar-refractivity contribution in [2.24, 2.45) is 5.92 Å². The predicted octanol–water partition coefficient (Wildman–Crippen LogP) is 5.24. The van der Waals surface area contributed by atoms with E-state index in [1.54, 1.807) is 11.3 Å². The van der Waals surface area contributed by atoms with E-state index in [4.69, 9.17) is 28.9 Å². The van der Waals surface area contributed by atoms with Crippen LogP contribution in [0.3, 0.4) is 0 Å². The van der Waals surface area contributed by atoms with E-state index in [9.17, 15) is 0 Å². The van der Waals surface area contributed by atoms with Gasteiger partial charge < -0.3 is 16.0 Å². The number of piperidine rings is 1. The molecule has 1 fully saturated rings. The first-order chi connectivity index (χ1) is 12.6. The zero-order valence-corrected chi connectivity index (χ0v) is 19.5. The number of aryl methyl sites for hydroxylation is 1. The third-order valence-electron chi connectivity index (χ3n) is 5.54. The standard InChI is InChI=1S/C19H24Cl2N4S.2ClH/c20-14-2-1-3-16(18(14)21)25-8-6-12(7-9-25)11-23-13-4-5-15-17(10-13)26-19(22)24-15;;/h1-3,12-13,23H,4-11H2,(H2,22,24);2*1H/t13-;;/m0../s1. The lowest BCUT2D eigenvalue weighted by Crippen LogP contribution is -2.41. The monoisotopic (exact) mass is 482 g/mol. The first-order valence-electron chi connectivity index (χ1n) is 9.26. The van der Waals surface area contributed by atoms with E-state index < -0.39 is 0 Å². The van der Waals surface area contributed by atoms with Crippen molar-refractivity contribution in [2.75, 3.05) is 30.3 Å². The molecule has 1 saturated heterocycles. The number of nitrogens with one attached hydrogen (secondary N) is 1. The molecule has 156 valence electrons. The van der Waals surface area contributed by atoms with Crippen molar-refractivity contribution in [3.05, 3.63) is 38.8 Å². The Labute approximate surface area is 193 Å². The molecule has 1 aliphatic carbocycles. The van der Waals surface area contributed by atoms with E-state index in [0.29, 0.717) is 21.2 Å². The molecule has 1 aromatic heterocycles. The molecule has 0 bridgehead atoms. The molecule has 1 aliphatic heterocycles. The van der Waals surface area contributed by atoms with Gasteiger partial charge in [0, 0.05) is 24.0 Å². The summed E-state index contributed by atoms with van der Waals surface area (Å²) in [5, 5.41) is 5.81. The SMILES string of the molecule is Cl.Cl.Nc1nc2c(s1)C[C@@H](NCC1CCN(c3cccc(Cl)c3Cl)CC1)CC2. The molecule has 28 heavy (non-hydrogen) atoms. The van der Waals surface area contributed by atoms with Gasteiger partial charge in [0.2, 0.25) is 0 Å². The molecule has 4 rings (SSSR count). The Morgan fingerprint density at radius 3 is 2.68 bits per heavy atom. The molecular weight excluding hydrogens is 458 g/mol. The van der Waals surface area contributed by atoms with E-state index in [1.807, 2.05) is 12.1 Å². The summed E-state index contributed by atoms with van der Waals surface area (Å²) in [6.45, 7) is 3.16. The van der Waals surface area contributed by atoms with Gasteiger partial charge in [-0.3, -0.25) is 0 Å². The molecule has 0 spiro atoms. The maximum absolute atomic E-state index is 6.37. The summed E-state index contributed by atoms with van der Waals surface area (Å²) in [5.74, 6) is 0.720. The fourth-order valence-electron chi connectivity index (χ4n) is 4.02. The van der Waals surface area contributed by atoms with Crippen molar-refractivity contribution >= 4 is 70.2 Å². The first-order valence-corrected chi connectivity index (χ1v) is 10.8. The Kier molecular flexibility index (Phi) is 8.99. The van der Waals surface area contributed by atoms with Gasteiger partial charge in [0.1, 0.15) is 0 Å². The highest BCUT2D eigenvalue weighted by molar-refractivity contribution is 7.15. The number of thiazole rings is 1. The Hall–Kier alpha value is -0.430. The van der Waals surface area contributed by atoms with Crippen LogP contribution in [-0.2, 0) is 12.8 Å². The van der Waals surface area contributed by atoms with E-state index in [1.165, 1.54) is 23.4 Å². The highest BCUT2D eigenvalue weighted by Gasteiger charge is 2.25. The van der Waals surface area contributed by atoms with Crippen LogP contribution in [0.25, 0.3) is 0 Å². The number of halogens is 4. The summed E-state index contributed by atoms with van der Waals surface area (Å²) in [6, 6.07) is 6.44. The molecule has 0 unspecified atom stereocenters. The van der Waals surface area contributed by atoms with Crippen LogP contribution < -0.4 is 16.0 Å². The van der Waals surface area contributed by atoms with Gasteiger partial charge in [-0.15, -0.1) is 36.2 Å². The molecular formula is C19H26Cl4N4S. The number of rotatable bonds is 4. The van der Waals surface area contributed by atoms with Gasteiger partial charge >= 0.3 is 0 Å². The molecule has 1 aromatic carbocycles. The van der Waals surface area contributed by atoms with Crippen LogP contribution in [-0.4, -0.2) is 30.7 Å². The number of nitrogen functional groups attached to an aromatic ring is 1. The average molecular weight is 484 g/mol. The number of benzene rings is 1. The first kappa shape index (κ1) is 23.8. The van der Waals surface area contributed by atoms with Crippen molar-refractivity contribution in [1.29, 1.82) is 0 Å². The number of anilines is 2. The van der Waals surface area contributed by atoms with Crippen LogP contribution in [0.4, 0.5) is 10.8 Å². The maximum Gasteiger partial charge on any atom is 0.180 e. The van der Waals surface area contributed by atoms with Gasteiger partial charge in [-0.05, 0) is 56.7 Å². The molecule has 3 N–H and O–H groups in total. The number of fused-ring (bicyclic) bond motifs is 1. The van der Waals surface area contributed by atoms with Gasteiger partial charge in [-0.1, -0.05) is 29.3 Å². The second-order valence-electron chi connectivity index (χ2n) is 7.27. The molecule has 0 saturated carbocycles. The van der Waals surface area contributed by atoms with Crippen molar-refractivity contribution in [1.82, 2.24) is 10.3 Å². The Morgan fingerprint density at radius 2 is 1.93 bits per heavy atom. The fourth-order valence-corrected chi connectivity index (χ4v) is 5.39. The van der Waals surface area contributed by atoms with Crippen LogP contribution in [0.1, 0.15) is 29.8 Å². The summed E-state index contributed by atoms with van der Waals surface area (Å²) in [7, 11) is 0. The van der Waals surface area contributed by atoms with Crippen LogP contribution in [0, 0.1) is 5.92 Å². The summed E-state index contributed by atoms with van der Waals surface area (Å²) in [5.41, 5.74) is 8.12. The smallest absolute Gasteiger partial charge is 0.180 e. The van der Waals surface area contributed by atoms with Crippen molar-refractivity contribution in [3.8, 4) is 0 Å². The lowest BCUT2D eigenvalue weighted by molar-refractivity contribution is 0.348. The minimum atomic E-state index is 0. The molecule has 1 atom stereocenters. The molecule has 4 nitrogen and oxygen atoms in total. The topological polar surface area (TPSA) is 54.2 Å². The van der Waals surface area contributed by atoms with E-state index in [-0.39, 0.29) is 24.8 Å². The quantitative estimate of drug-likeness (QED) is 0.624. The van der Waals surface area contributed by atoms with Crippen molar-refractivity contribution < 1.29 is 0 Å². The second kappa shape index (κ2) is 10.6. The summed E-state index contributed by atoms with van der Waals surface area (Å²) in [4.78, 5) is 8.16. The van der Waals surface area contributed by atoms with Crippen LogP contribution >= 0.6 is 59.4 Å². The average Bonchev–Trinajstić information content (AvgIpc) is 3.02. The zero-order valence-electron chi connectivity index (χ0n) is 15.5. The van der Waals surface area contributed by atoms with Gasteiger partial charge in [0.25, 0.3) is 0 Å². The lowest BCUT2D eigenvalue weighted by atomic mass is 9.93. The molecule has 0 amide bonds. The minimum absolute atomic E-state index is 0. The number of hydrogen-bond acceptors (Lipinski definition) is 5. The molecule has 2 aliphatic rings. The van der Waals surface area contributed by atoms with Gasteiger partial charge in [0.15, 0.2) is 5.13 Å². The molecule has 9 heteroatoms. The largest absolute Gasteiger partial charge is 0.375 e. The van der Waals surface area contributed by atoms with Crippen LogP contribution in [0.2, 0.25) is 10.0 Å². The summed E-state index contributed by atoms with van der Waals surface area (Å²) in [6.07, 6.45) is 5.64. The van der Waals surface area contributed by atoms with Gasteiger partial charge in [-0.25, -0.2) is 4.98 Å². The number of aromatic nitrogens is 1. The molecule has 2 aromatic rings. The fraction of sp³-hybridized carbons (Fsp3) is 0.526. The van der Waals surface area contributed by atoms with Gasteiger partial charge in [0.05, 0.1) is 21.4 Å². The van der Waals surface area contributed by atoms with Crippen molar-refractivity contribution in [2.45, 2.75) is 38.1 Å². The van der Waals surface area contributed by atoms with E-state index in [0.717, 1.165) is 50.5 Å². The van der Waals surface area contributed by atoms with Crippen molar-refractivity contribution in [3.63, 3.8) is 0 Å². The highest BCUT2D eigenvalue weighted by Crippen LogP contribution is 2.34. The van der Waals surface area contributed by atoms with Crippen LogP contribution in [0.15, 0.2) is 18.2 Å². The minimum Gasteiger partial charge on any atom is -0.375 e. The van der Waals surface area contributed by atoms with Gasteiger partial charge in [-0.2, -0.15) is 0 Å². The number of nitrogens with zero attached hydrogens (tertiary/aromatic N) is 2. The Balaban J connectivity index is 0.00000140. The third-order valence-corrected chi connectivity index (χ3v) is 7.30. The van der Waals surface area contributed by atoms with E-state index in [2.05, 4.69) is 21.3 Å². The van der Waals surface area contributed by atoms with Crippen LogP contribution in [0.5, 0.6) is 0 Å². The Morgan fingerprint density at radius 1 is 1.18 bits per heavy atom. The lowest BCUT2D eigenvalue weighted by Gasteiger charge is -2.35. The summed E-state index contributed by atoms with van der Waals surface area (Å²) < 4.78 is 0. The second-order valence-corrected chi connectivity index (χ2v) is 9.17. The maximum atomic E-state index is 6.37. The zero-order chi connectivity index (χ0) is 18.1.